The summed E-state index contributed by atoms with van der Waals surface area (Å²) in [6.07, 6.45) is -0.0811. The van der Waals surface area contributed by atoms with Gasteiger partial charge in [0.15, 0.2) is 5.78 Å². The summed E-state index contributed by atoms with van der Waals surface area (Å²) >= 11 is 0. The minimum atomic E-state index is -0.928. The predicted molar refractivity (Wildman–Crippen MR) is 87.4 cm³/mol. The van der Waals surface area contributed by atoms with Crippen LogP contribution in [0.3, 0.4) is 0 Å². The third kappa shape index (κ3) is 3.03. The summed E-state index contributed by atoms with van der Waals surface area (Å²) in [4.78, 5) is 27.0. The van der Waals surface area contributed by atoms with Crippen molar-refractivity contribution in [2.75, 3.05) is 0 Å². The van der Waals surface area contributed by atoms with Gasteiger partial charge in [0.2, 0.25) is 0 Å². The zero-order valence-electron chi connectivity index (χ0n) is 13.0. The van der Waals surface area contributed by atoms with Gasteiger partial charge < -0.3 is 9.67 Å². The summed E-state index contributed by atoms with van der Waals surface area (Å²) in [6.45, 7) is 1.67. The van der Waals surface area contributed by atoms with Crippen molar-refractivity contribution in [1.29, 1.82) is 0 Å². The number of fused-ring (bicyclic) bond motifs is 1. The van der Waals surface area contributed by atoms with Crippen LogP contribution >= 0.6 is 0 Å². The van der Waals surface area contributed by atoms with E-state index in [1.807, 2.05) is 0 Å². The number of carbonyl (C=O) groups excluding carboxylic acids is 1. The molecule has 122 valence electrons. The van der Waals surface area contributed by atoms with E-state index in [2.05, 4.69) is 4.98 Å². The Balaban J connectivity index is 2.19. The van der Waals surface area contributed by atoms with Crippen molar-refractivity contribution in [2.24, 2.45) is 0 Å². The maximum atomic E-state index is 13.5. The lowest BCUT2D eigenvalue weighted by atomic mass is 10.1. The summed E-state index contributed by atoms with van der Waals surface area (Å²) in [5, 5.41) is 8.97. The molecule has 5 nitrogen and oxygen atoms in total. The number of carbonyl (C=O) groups is 2. The molecule has 0 spiro atoms. The van der Waals surface area contributed by atoms with Crippen LogP contribution in [0.15, 0.2) is 42.5 Å². The fourth-order valence-electron chi connectivity index (χ4n) is 2.63. The van der Waals surface area contributed by atoms with Crippen molar-refractivity contribution in [2.45, 2.75) is 19.9 Å². The Morgan fingerprint density at radius 2 is 2.00 bits per heavy atom. The average molecular weight is 326 g/mol. The van der Waals surface area contributed by atoms with E-state index in [-0.39, 0.29) is 18.7 Å². The first-order chi connectivity index (χ1) is 11.5. The van der Waals surface area contributed by atoms with Crippen LogP contribution in [0, 0.1) is 5.82 Å². The Morgan fingerprint density at radius 3 is 2.67 bits per heavy atom. The summed E-state index contributed by atoms with van der Waals surface area (Å²) in [6, 6.07) is 11.1. The van der Waals surface area contributed by atoms with Gasteiger partial charge in [-0.3, -0.25) is 9.59 Å². The number of hydrogen-bond acceptors (Lipinski definition) is 3. The van der Waals surface area contributed by atoms with Crippen LogP contribution in [0.2, 0.25) is 0 Å². The lowest BCUT2D eigenvalue weighted by Gasteiger charge is -2.08. The van der Waals surface area contributed by atoms with E-state index < -0.39 is 11.8 Å². The van der Waals surface area contributed by atoms with Crippen molar-refractivity contribution >= 4 is 22.8 Å². The van der Waals surface area contributed by atoms with E-state index in [9.17, 15) is 14.0 Å². The molecular weight excluding hydrogens is 311 g/mol. The SMILES string of the molecule is CC(=O)c1ccc2c(c1)nc(-c1cccc(F)c1)n2CCC(=O)O. The predicted octanol–water partition coefficient (Wildman–Crippen LogP) is 3.52. The molecule has 0 saturated carbocycles. The molecular formula is C18H15FN2O3. The second-order valence-corrected chi connectivity index (χ2v) is 5.50. The molecule has 0 bridgehead atoms. The normalized spacial score (nSPS) is 10.9. The van der Waals surface area contributed by atoms with Gasteiger partial charge in [-0.15, -0.1) is 0 Å². The van der Waals surface area contributed by atoms with Crippen molar-refractivity contribution < 1.29 is 19.1 Å². The Bertz CT molecular complexity index is 947. The molecule has 6 heteroatoms. The van der Waals surface area contributed by atoms with Crippen LogP contribution < -0.4 is 0 Å². The molecule has 0 atom stereocenters. The zero-order chi connectivity index (χ0) is 17.3. The van der Waals surface area contributed by atoms with E-state index >= 15 is 0 Å². The molecule has 0 saturated heterocycles. The molecule has 0 aliphatic carbocycles. The number of carboxylic acids is 1. The average Bonchev–Trinajstić information content (AvgIpc) is 2.90. The van der Waals surface area contributed by atoms with Gasteiger partial charge in [0, 0.05) is 17.7 Å². The molecule has 1 aromatic heterocycles. The maximum absolute atomic E-state index is 13.5. The van der Waals surface area contributed by atoms with Gasteiger partial charge in [0.25, 0.3) is 0 Å². The molecule has 3 rings (SSSR count). The van der Waals surface area contributed by atoms with E-state index in [0.29, 0.717) is 28.0 Å². The number of aromatic nitrogens is 2. The number of ketones is 1. The standard InChI is InChI=1S/C18H15FN2O3/c1-11(22)12-5-6-16-15(10-12)20-18(21(16)8-7-17(23)24)13-3-2-4-14(19)9-13/h2-6,9-10H,7-8H2,1H3,(H,23,24). The third-order valence-corrected chi connectivity index (χ3v) is 3.79. The number of carboxylic acid groups (broad SMARTS) is 1. The highest BCUT2D eigenvalue weighted by atomic mass is 19.1. The van der Waals surface area contributed by atoms with Crippen LogP contribution in [-0.2, 0) is 11.3 Å². The lowest BCUT2D eigenvalue weighted by molar-refractivity contribution is -0.137. The molecule has 3 aromatic rings. The fraction of sp³-hybridized carbons (Fsp3) is 0.167. The van der Waals surface area contributed by atoms with E-state index in [4.69, 9.17) is 5.11 Å². The van der Waals surface area contributed by atoms with Crippen LogP contribution in [0.5, 0.6) is 0 Å². The molecule has 0 unspecified atom stereocenters. The monoisotopic (exact) mass is 326 g/mol. The minimum Gasteiger partial charge on any atom is -0.481 e. The molecule has 0 radical (unpaired) electrons. The van der Waals surface area contributed by atoms with Crippen LogP contribution in [0.25, 0.3) is 22.4 Å². The summed E-state index contributed by atoms with van der Waals surface area (Å²) in [7, 11) is 0. The molecule has 0 amide bonds. The topological polar surface area (TPSA) is 72.2 Å². The molecule has 0 aliphatic rings. The molecule has 1 N–H and O–H groups in total. The first-order valence-corrected chi connectivity index (χ1v) is 7.44. The Labute approximate surface area is 137 Å². The highest BCUT2D eigenvalue weighted by Crippen LogP contribution is 2.26. The van der Waals surface area contributed by atoms with E-state index in [1.54, 1.807) is 34.9 Å². The van der Waals surface area contributed by atoms with Crippen molar-refractivity contribution in [3.05, 3.63) is 53.8 Å². The second-order valence-electron chi connectivity index (χ2n) is 5.50. The summed E-state index contributed by atoms with van der Waals surface area (Å²) in [5.41, 5.74) is 2.37. The lowest BCUT2D eigenvalue weighted by Crippen LogP contribution is -2.06. The van der Waals surface area contributed by atoms with Gasteiger partial charge in [-0.1, -0.05) is 12.1 Å². The number of aryl methyl sites for hydroxylation is 1. The number of nitrogens with zero attached hydrogens (tertiary/aromatic N) is 2. The van der Waals surface area contributed by atoms with Crippen molar-refractivity contribution in [3.8, 4) is 11.4 Å². The highest BCUT2D eigenvalue weighted by Gasteiger charge is 2.15. The van der Waals surface area contributed by atoms with Gasteiger partial charge >= 0.3 is 5.97 Å². The number of hydrogen-bond donors (Lipinski definition) is 1. The van der Waals surface area contributed by atoms with E-state index in [1.165, 1.54) is 19.1 Å². The van der Waals surface area contributed by atoms with Gasteiger partial charge in [-0.05, 0) is 37.3 Å². The molecule has 1 heterocycles. The van der Waals surface area contributed by atoms with Gasteiger partial charge in [0.05, 0.1) is 17.5 Å². The number of halogens is 1. The minimum absolute atomic E-state index is 0.0794. The Kier molecular flexibility index (Phi) is 4.12. The summed E-state index contributed by atoms with van der Waals surface area (Å²) < 4.78 is 15.3. The highest BCUT2D eigenvalue weighted by molar-refractivity contribution is 5.97. The second kappa shape index (κ2) is 6.23. The number of aliphatic carboxylic acids is 1. The number of Topliss-reactive ketones (excluding diaryl/α,β-unsaturated/α-hetero) is 1. The molecule has 0 fully saturated rings. The maximum Gasteiger partial charge on any atom is 0.305 e. The Morgan fingerprint density at radius 1 is 1.21 bits per heavy atom. The number of benzene rings is 2. The van der Waals surface area contributed by atoms with Crippen LogP contribution in [-0.4, -0.2) is 26.4 Å². The largest absolute Gasteiger partial charge is 0.481 e. The zero-order valence-corrected chi connectivity index (χ0v) is 13.0. The van der Waals surface area contributed by atoms with Gasteiger partial charge in [0.1, 0.15) is 11.6 Å². The first-order valence-electron chi connectivity index (χ1n) is 7.44. The van der Waals surface area contributed by atoms with Gasteiger partial charge in [-0.2, -0.15) is 0 Å². The fourth-order valence-corrected chi connectivity index (χ4v) is 2.63. The smallest absolute Gasteiger partial charge is 0.305 e. The number of rotatable bonds is 5. The first kappa shape index (κ1) is 15.9. The number of imidazole rings is 1. The van der Waals surface area contributed by atoms with Crippen molar-refractivity contribution in [1.82, 2.24) is 9.55 Å². The van der Waals surface area contributed by atoms with Crippen molar-refractivity contribution in [3.63, 3.8) is 0 Å². The van der Waals surface area contributed by atoms with Crippen LogP contribution in [0.1, 0.15) is 23.7 Å². The van der Waals surface area contributed by atoms with Crippen LogP contribution in [0.4, 0.5) is 4.39 Å². The third-order valence-electron chi connectivity index (χ3n) is 3.79. The molecule has 24 heavy (non-hydrogen) atoms. The quantitative estimate of drug-likeness (QED) is 0.728. The summed E-state index contributed by atoms with van der Waals surface area (Å²) in [5.74, 6) is -0.924. The molecule has 2 aromatic carbocycles. The Hall–Kier alpha value is -3.02. The molecule has 0 aliphatic heterocycles. The van der Waals surface area contributed by atoms with Gasteiger partial charge in [-0.25, -0.2) is 9.37 Å². The van der Waals surface area contributed by atoms with E-state index in [0.717, 1.165) is 0 Å².